The lowest BCUT2D eigenvalue weighted by atomic mass is 9.45. The molecule has 4 aliphatic carbocycles. The van der Waals surface area contributed by atoms with E-state index in [4.69, 9.17) is 9.47 Å². The topological polar surface area (TPSA) is 55.8 Å². The Morgan fingerprint density at radius 2 is 1.87 bits per heavy atom. The first-order valence-corrected chi connectivity index (χ1v) is 12.9. The third-order valence-corrected chi connectivity index (χ3v) is 11.3. The quantitative estimate of drug-likeness (QED) is 0.597. The van der Waals surface area contributed by atoms with Crippen molar-refractivity contribution in [1.29, 1.82) is 0 Å². The van der Waals surface area contributed by atoms with Gasteiger partial charge in [-0.25, -0.2) is 0 Å². The summed E-state index contributed by atoms with van der Waals surface area (Å²) in [6, 6.07) is 0. The van der Waals surface area contributed by atoms with Gasteiger partial charge in [-0.2, -0.15) is 0 Å². The summed E-state index contributed by atoms with van der Waals surface area (Å²) in [5, 5.41) is 11.7. The van der Waals surface area contributed by atoms with Crippen molar-refractivity contribution in [2.45, 2.75) is 97.1 Å². The SMILES string of the molecule is C[C@H]1CC[C@@]2(OC1)O[C@H]1C[C@H]3[C@@H]4CCC5=CC(=O)CC[C@]5(C)[C@H]4C[C@@H](O)[C@]3(C)[C@H]1[C@@H]2C. The maximum absolute atomic E-state index is 12.1. The predicted molar refractivity (Wildman–Crippen MR) is 118 cm³/mol. The first-order chi connectivity index (χ1) is 14.7. The Morgan fingerprint density at radius 3 is 2.61 bits per heavy atom. The van der Waals surface area contributed by atoms with E-state index >= 15 is 0 Å². The number of carbonyl (C=O) groups excluding carboxylic acids is 1. The summed E-state index contributed by atoms with van der Waals surface area (Å²) in [6.07, 6.45) is 9.83. The van der Waals surface area contributed by atoms with Gasteiger partial charge < -0.3 is 14.6 Å². The molecule has 6 aliphatic rings. The lowest BCUT2D eigenvalue weighted by Crippen LogP contribution is -2.58. The molecule has 31 heavy (non-hydrogen) atoms. The predicted octanol–water partition coefficient (Wildman–Crippen LogP) is 4.89. The van der Waals surface area contributed by atoms with E-state index in [1.165, 1.54) is 18.4 Å². The van der Waals surface area contributed by atoms with E-state index in [0.29, 0.717) is 47.7 Å². The number of hydrogen-bond donors (Lipinski definition) is 1. The molecule has 5 fully saturated rings. The van der Waals surface area contributed by atoms with Crippen LogP contribution in [0.5, 0.6) is 0 Å². The summed E-state index contributed by atoms with van der Waals surface area (Å²) in [4.78, 5) is 12.1. The first-order valence-electron chi connectivity index (χ1n) is 12.9. The summed E-state index contributed by atoms with van der Waals surface area (Å²) in [7, 11) is 0. The zero-order valence-electron chi connectivity index (χ0n) is 19.7. The van der Waals surface area contributed by atoms with Crippen molar-refractivity contribution in [3.05, 3.63) is 11.6 Å². The fraction of sp³-hybridized carbons (Fsp3) is 0.889. The molecule has 1 N–H and O–H groups in total. The van der Waals surface area contributed by atoms with Crippen LogP contribution in [-0.4, -0.2) is 35.5 Å². The van der Waals surface area contributed by atoms with Crippen LogP contribution < -0.4 is 0 Å². The molecule has 4 nitrogen and oxygen atoms in total. The molecule has 172 valence electrons. The molecule has 0 aromatic rings. The van der Waals surface area contributed by atoms with Crippen molar-refractivity contribution in [2.24, 2.45) is 46.3 Å². The number of ketones is 1. The van der Waals surface area contributed by atoms with Crippen molar-refractivity contribution in [3.63, 3.8) is 0 Å². The third-order valence-electron chi connectivity index (χ3n) is 11.3. The Labute approximate surface area is 187 Å². The number of aliphatic hydroxyl groups excluding tert-OH is 1. The fourth-order valence-corrected chi connectivity index (χ4v) is 9.52. The lowest BCUT2D eigenvalue weighted by molar-refractivity contribution is -0.273. The number of rotatable bonds is 0. The van der Waals surface area contributed by atoms with E-state index in [9.17, 15) is 9.90 Å². The Bertz CT molecular complexity index is 810. The minimum Gasteiger partial charge on any atom is -0.393 e. The zero-order chi connectivity index (χ0) is 21.8. The van der Waals surface area contributed by atoms with Gasteiger partial charge in [0.15, 0.2) is 11.6 Å². The Balaban J connectivity index is 1.32. The largest absolute Gasteiger partial charge is 0.393 e. The molecule has 11 atom stereocenters. The van der Waals surface area contributed by atoms with Crippen molar-refractivity contribution >= 4 is 5.78 Å². The zero-order valence-corrected chi connectivity index (χ0v) is 19.7. The average Bonchev–Trinajstić information content (AvgIpc) is 3.18. The number of ether oxygens (including phenoxy) is 2. The molecule has 6 rings (SSSR count). The van der Waals surface area contributed by atoms with Crippen molar-refractivity contribution in [3.8, 4) is 0 Å². The molecule has 3 saturated carbocycles. The highest BCUT2D eigenvalue weighted by atomic mass is 16.7. The summed E-state index contributed by atoms with van der Waals surface area (Å²) in [5.41, 5.74) is 1.36. The molecule has 2 heterocycles. The van der Waals surface area contributed by atoms with Gasteiger partial charge in [0.05, 0.1) is 18.8 Å². The van der Waals surface area contributed by atoms with Gasteiger partial charge in [-0.15, -0.1) is 0 Å². The van der Waals surface area contributed by atoms with E-state index in [1.807, 2.05) is 6.08 Å². The van der Waals surface area contributed by atoms with Crippen molar-refractivity contribution in [2.75, 3.05) is 6.61 Å². The Hall–Kier alpha value is -0.710. The Morgan fingerprint density at radius 1 is 1.06 bits per heavy atom. The number of aliphatic hydroxyl groups is 1. The molecular formula is C27H40O4. The number of hydrogen-bond acceptors (Lipinski definition) is 4. The smallest absolute Gasteiger partial charge is 0.171 e. The van der Waals surface area contributed by atoms with Gasteiger partial charge in [0.2, 0.25) is 0 Å². The summed E-state index contributed by atoms with van der Waals surface area (Å²) >= 11 is 0. The monoisotopic (exact) mass is 428 g/mol. The fourth-order valence-electron chi connectivity index (χ4n) is 9.52. The molecule has 0 bridgehead atoms. The normalized spacial score (nSPS) is 58.4. The summed E-state index contributed by atoms with van der Waals surface area (Å²) in [5.74, 6) is 2.82. The van der Waals surface area contributed by atoms with Gasteiger partial charge >= 0.3 is 0 Å². The highest BCUT2D eigenvalue weighted by molar-refractivity contribution is 5.91. The van der Waals surface area contributed by atoms with Crippen LogP contribution in [0, 0.1) is 46.3 Å². The highest BCUT2D eigenvalue weighted by Gasteiger charge is 2.71. The van der Waals surface area contributed by atoms with Gasteiger partial charge in [-0.3, -0.25) is 4.79 Å². The molecule has 2 aliphatic heterocycles. The molecule has 0 radical (unpaired) electrons. The highest BCUT2D eigenvalue weighted by Crippen LogP contribution is 2.70. The van der Waals surface area contributed by atoms with Gasteiger partial charge in [0.25, 0.3) is 0 Å². The van der Waals surface area contributed by atoms with Gasteiger partial charge in [0.1, 0.15) is 0 Å². The van der Waals surface area contributed by atoms with Gasteiger partial charge in [-0.1, -0.05) is 33.3 Å². The maximum atomic E-state index is 12.1. The minimum absolute atomic E-state index is 0.0904. The van der Waals surface area contributed by atoms with Crippen LogP contribution in [0.1, 0.15) is 79.1 Å². The standard InChI is InChI=1S/C27H40O4/c1-15-7-10-27(30-14-15)16(2)24-22(31-27)12-21-19-6-5-17-11-18(28)8-9-25(17,3)20(19)13-23(29)26(21,24)4/h11,15-16,19-24,29H,5-10,12-14H2,1-4H3/t15-,16-,19+,20-,21-,22-,23+,24-,25-,26+,27+/m0/s1. The number of fused-ring (bicyclic) bond motifs is 7. The molecule has 1 spiro atoms. The third kappa shape index (κ3) is 2.62. The molecule has 2 saturated heterocycles. The summed E-state index contributed by atoms with van der Waals surface area (Å²) in [6.45, 7) is 10.2. The van der Waals surface area contributed by atoms with E-state index in [1.54, 1.807) is 0 Å². The Kier molecular flexibility index (Phi) is 4.49. The molecule has 0 aromatic carbocycles. The van der Waals surface area contributed by atoms with E-state index in [2.05, 4.69) is 27.7 Å². The van der Waals surface area contributed by atoms with E-state index < -0.39 is 5.79 Å². The second kappa shape index (κ2) is 6.67. The molecule has 0 aromatic heterocycles. The second-order valence-corrected chi connectivity index (χ2v) is 12.6. The van der Waals surface area contributed by atoms with Crippen LogP contribution in [-0.2, 0) is 14.3 Å². The first kappa shape index (κ1) is 20.9. The number of allylic oxidation sites excluding steroid dienone is 1. The van der Waals surface area contributed by atoms with E-state index in [0.717, 1.165) is 38.7 Å². The van der Waals surface area contributed by atoms with Crippen LogP contribution in [0.4, 0.5) is 0 Å². The van der Waals surface area contributed by atoms with Crippen LogP contribution in [0.2, 0.25) is 0 Å². The van der Waals surface area contributed by atoms with Crippen LogP contribution in [0.25, 0.3) is 0 Å². The van der Waals surface area contributed by atoms with Crippen LogP contribution >= 0.6 is 0 Å². The lowest BCUT2D eigenvalue weighted by Gasteiger charge is -2.60. The molecule has 0 amide bonds. The summed E-state index contributed by atoms with van der Waals surface area (Å²) < 4.78 is 13.2. The van der Waals surface area contributed by atoms with Crippen LogP contribution in [0.15, 0.2) is 11.6 Å². The van der Waals surface area contributed by atoms with E-state index in [-0.39, 0.29) is 23.0 Å². The minimum atomic E-state index is -0.426. The number of carbonyl (C=O) groups is 1. The maximum Gasteiger partial charge on any atom is 0.171 e. The average molecular weight is 429 g/mol. The second-order valence-electron chi connectivity index (χ2n) is 12.6. The van der Waals surface area contributed by atoms with Crippen LogP contribution in [0.3, 0.4) is 0 Å². The van der Waals surface area contributed by atoms with Gasteiger partial charge in [0, 0.05) is 30.1 Å². The molecule has 4 heteroatoms. The molecule has 0 unspecified atom stereocenters. The van der Waals surface area contributed by atoms with Crippen molar-refractivity contribution in [1.82, 2.24) is 0 Å². The van der Waals surface area contributed by atoms with Gasteiger partial charge in [-0.05, 0) is 73.7 Å². The molecular weight excluding hydrogens is 388 g/mol. The van der Waals surface area contributed by atoms with Crippen molar-refractivity contribution < 1.29 is 19.4 Å².